The lowest BCUT2D eigenvalue weighted by Crippen LogP contribution is -2.44. The molecule has 0 saturated heterocycles. The Morgan fingerprint density at radius 2 is 1.92 bits per heavy atom. The summed E-state index contributed by atoms with van der Waals surface area (Å²) in [5.74, 6) is -1.60. The van der Waals surface area contributed by atoms with Crippen LogP contribution in [0.5, 0.6) is 0 Å². The van der Waals surface area contributed by atoms with Gasteiger partial charge in [0.25, 0.3) is 11.5 Å². The number of carboxylic acid groups (broad SMARTS) is 1. The maximum atomic E-state index is 12.6. The second-order valence-electron chi connectivity index (χ2n) is 6.63. The molecule has 0 saturated carbocycles. The molecule has 0 aliphatic rings. The topological polar surface area (TPSA) is 88.4 Å². The SMILES string of the molecule is CCCCn1c(C)c(C)cc(C(=O)N[C@@H](CC(C)C)C(=O)O)c1=O. The highest BCUT2D eigenvalue weighted by Gasteiger charge is 2.24. The first kappa shape index (κ1) is 19.9. The molecule has 1 aromatic rings. The predicted octanol–water partition coefficient (Wildman–Crippen LogP) is 2.49. The van der Waals surface area contributed by atoms with Gasteiger partial charge in [-0.1, -0.05) is 27.2 Å². The molecule has 1 amide bonds. The van der Waals surface area contributed by atoms with Crippen molar-refractivity contribution in [3.05, 3.63) is 33.2 Å². The second-order valence-corrected chi connectivity index (χ2v) is 6.63. The Balaban J connectivity index is 3.16. The van der Waals surface area contributed by atoms with Crippen molar-refractivity contribution in [2.75, 3.05) is 0 Å². The Morgan fingerprint density at radius 1 is 1.29 bits per heavy atom. The van der Waals surface area contributed by atoms with Crippen LogP contribution in [0.1, 0.15) is 61.6 Å². The van der Waals surface area contributed by atoms with Crippen LogP contribution in [0.2, 0.25) is 0 Å². The van der Waals surface area contributed by atoms with E-state index in [1.807, 2.05) is 34.6 Å². The Morgan fingerprint density at radius 3 is 2.42 bits per heavy atom. The van der Waals surface area contributed by atoms with Crippen molar-refractivity contribution in [1.82, 2.24) is 9.88 Å². The van der Waals surface area contributed by atoms with Gasteiger partial charge in [-0.3, -0.25) is 9.59 Å². The quantitative estimate of drug-likeness (QED) is 0.763. The van der Waals surface area contributed by atoms with Gasteiger partial charge in [0.15, 0.2) is 0 Å². The third-order valence-electron chi connectivity index (χ3n) is 4.10. The van der Waals surface area contributed by atoms with Crippen LogP contribution in [0.3, 0.4) is 0 Å². The number of unbranched alkanes of at least 4 members (excludes halogenated alkanes) is 1. The molecule has 1 atom stereocenters. The molecule has 2 N–H and O–H groups in total. The summed E-state index contributed by atoms with van der Waals surface area (Å²) in [5, 5.41) is 11.7. The fourth-order valence-corrected chi connectivity index (χ4v) is 2.57. The van der Waals surface area contributed by atoms with E-state index in [2.05, 4.69) is 5.32 Å². The molecule has 134 valence electrons. The zero-order chi connectivity index (χ0) is 18.4. The summed E-state index contributed by atoms with van der Waals surface area (Å²) in [6, 6.07) is 0.548. The molecule has 0 aliphatic carbocycles. The minimum atomic E-state index is -1.09. The molecule has 0 spiro atoms. The zero-order valence-electron chi connectivity index (χ0n) is 15.2. The molecule has 0 aromatic carbocycles. The van der Waals surface area contributed by atoms with Crippen LogP contribution in [0.4, 0.5) is 0 Å². The second kappa shape index (κ2) is 8.66. The van der Waals surface area contributed by atoms with Gasteiger partial charge in [0, 0.05) is 12.2 Å². The van der Waals surface area contributed by atoms with Gasteiger partial charge in [-0.25, -0.2) is 4.79 Å². The highest BCUT2D eigenvalue weighted by molar-refractivity contribution is 5.96. The van der Waals surface area contributed by atoms with Gasteiger partial charge in [0.2, 0.25) is 0 Å². The van der Waals surface area contributed by atoms with E-state index in [0.29, 0.717) is 13.0 Å². The summed E-state index contributed by atoms with van der Waals surface area (Å²) in [4.78, 5) is 36.4. The molecule has 0 radical (unpaired) electrons. The van der Waals surface area contributed by atoms with Crippen LogP contribution in [-0.4, -0.2) is 27.6 Å². The number of aliphatic carboxylic acids is 1. The third-order valence-corrected chi connectivity index (χ3v) is 4.10. The van der Waals surface area contributed by atoms with Gasteiger partial charge in [0.05, 0.1) is 0 Å². The summed E-state index contributed by atoms with van der Waals surface area (Å²) in [7, 11) is 0. The molecule has 24 heavy (non-hydrogen) atoms. The van der Waals surface area contributed by atoms with E-state index in [0.717, 1.165) is 24.1 Å². The fourth-order valence-electron chi connectivity index (χ4n) is 2.57. The molecule has 1 rings (SSSR count). The van der Waals surface area contributed by atoms with Gasteiger partial charge in [-0.15, -0.1) is 0 Å². The van der Waals surface area contributed by atoms with Gasteiger partial charge < -0.3 is 15.0 Å². The minimum Gasteiger partial charge on any atom is -0.480 e. The number of aromatic nitrogens is 1. The van der Waals surface area contributed by atoms with Gasteiger partial charge in [-0.05, 0) is 44.2 Å². The number of pyridine rings is 1. The molecule has 0 unspecified atom stereocenters. The molecule has 0 bridgehead atoms. The van der Waals surface area contributed by atoms with Crippen molar-refractivity contribution in [3.63, 3.8) is 0 Å². The standard InChI is InChI=1S/C18H28N2O4/c1-6-7-8-20-13(5)12(4)10-14(17(20)22)16(21)19-15(18(23)24)9-11(2)3/h10-11,15H,6-9H2,1-5H3,(H,19,21)(H,23,24)/t15-/m0/s1. The van der Waals surface area contributed by atoms with Crippen molar-refractivity contribution in [3.8, 4) is 0 Å². The molecule has 0 fully saturated rings. The normalized spacial score (nSPS) is 12.2. The average molecular weight is 336 g/mol. The molecular weight excluding hydrogens is 308 g/mol. The molecular formula is C18H28N2O4. The smallest absolute Gasteiger partial charge is 0.326 e. The summed E-state index contributed by atoms with van der Waals surface area (Å²) < 4.78 is 1.60. The van der Waals surface area contributed by atoms with Gasteiger partial charge in [-0.2, -0.15) is 0 Å². The first-order valence-electron chi connectivity index (χ1n) is 8.43. The number of rotatable bonds is 8. The highest BCUT2D eigenvalue weighted by Crippen LogP contribution is 2.10. The number of carbonyl (C=O) groups excluding carboxylic acids is 1. The summed E-state index contributed by atoms with van der Waals surface area (Å²) in [6.45, 7) is 10.1. The van der Waals surface area contributed by atoms with Crippen LogP contribution in [0.15, 0.2) is 10.9 Å². The maximum absolute atomic E-state index is 12.6. The third kappa shape index (κ3) is 4.94. The largest absolute Gasteiger partial charge is 0.480 e. The maximum Gasteiger partial charge on any atom is 0.326 e. The monoisotopic (exact) mass is 336 g/mol. The van der Waals surface area contributed by atoms with Crippen molar-refractivity contribution in [2.24, 2.45) is 5.92 Å². The Bertz CT molecular complexity index is 662. The first-order chi connectivity index (χ1) is 11.2. The van der Waals surface area contributed by atoms with E-state index >= 15 is 0 Å². The number of carboxylic acids is 1. The van der Waals surface area contributed by atoms with Crippen LogP contribution in [0.25, 0.3) is 0 Å². The Kier molecular flexibility index (Phi) is 7.19. The van der Waals surface area contributed by atoms with E-state index in [4.69, 9.17) is 0 Å². The first-order valence-corrected chi connectivity index (χ1v) is 8.43. The van der Waals surface area contributed by atoms with Crippen LogP contribution < -0.4 is 10.9 Å². The van der Waals surface area contributed by atoms with E-state index in [-0.39, 0.29) is 17.0 Å². The average Bonchev–Trinajstić information content (AvgIpc) is 2.49. The van der Waals surface area contributed by atoms with E-state index in [1.54, 1.807) is 10.6 Å². The summed E-state index contributed by atoms with van der Waals surface area (Å²) in [5.41, 5.74) is 1.32. The minimum absolute atomic E-state index is 0.00390. The summed E-state index contributed by atoms with van der Waals surface area (Å²) in [6.07, 6.45) is 2.10. The number of hydrogen-bond acceptors (Lipinski definition) is 3. The van der Waals surface area contributed by atoms with Gasteiger partial charge >= 0.3 is 5.97 Å². The summed E-state index contributed by atoms with van der Waals surface area (Å²) >= 11 is 0. The van der Waals surface area contributed by atoms with E-state index in [1.165, 1.54) is 0 Å². The van der Waals surface area contributed by atoms with E-state index < -0.39 is 17.9 Å². The van der Waals surface area contributed by atoms with Gasteiger partial charge in [0.1, 0.15) is 11.6 Å². The molecule has 6 nitrogen and oxygen atoms in total. The number of nitrogens with one attached hydrogen (secondary N) is 1. The van der Waals surface area contributed by atoms with Crippen molar-refractivity contribution in [2.45, 2.75) is 66.5 Å². The number of amides is 1. The molecule has 6 heteroatoms. The van der Waals surface area contributed by atoms with E-state index in [9.17, 15) is 19.5 Å². The van der Waals surface area contributed by atoms with Crippen LogP contribution >= 0.6 is 0 Å². The zero-order valence-corrected chi connectivity index (χ0v) is 15.2. The number of carbonyl (C=O) groups is 2. The molecule has 1 heterocycles. The Hall–Kier alpha value is -2.11. The lowest BCUT2D eigenvalue weighted by Gasteiger charge is -2.18. The lowest BCUT2D eigenvalue weighted by molar-refractivity contribution is -0.139. The molecule has 1 aromatic heterocycles. The molecule has 0 aliphatic heterocycles. The predicted molar refractivity (Wildman–Crippen MR) is 93.4 cm³/mol. The fraction of sp³-hybridized carbons (Fsp3) is 0.611. The van der Waals surface area contributed by atoms with Crippen molar-refractivity contribution >= 4 is 11.9 Å². The van der Waals surface area contributed by atoms with Crippen LogP contribution in [0, 0.1) is 19.8 Å². The number of hydrogen-bond donors (Lipinski definition) is 2. The lowest BCUT2D eigenvalue weighted by atomic mass is 10.0. The Labute approximate surface area is 142 Å². The van der Waals surface area contributed by atoms with Crippen LogP contribution in [-0.2, 0) is 11.3 Å². The van der Waals surface area contributed by atoms with Crippen molar-refractivity contribution < 1.29 is 14.7 Å². The highest BCUT2D eigenvalue weighted by atomic mass is 16.4. The number of aryl methyl sites for hydroxylation is 1. The number of nitrogens with zero attached hydrogens (tertiary/aromatic N) is 1. The van der Waals surface area contributed by atoms with Crippen molar-refractivity contribution in [1.29, 1.82) is 0 Å².